The Balaban J connectivity index is 2.25. The van der Waals surface area contributed by atoms with Gasteiger partial charge >= 0.3 is 11.9 Å². The molecule has 0 saturated carbocycles. The van der Waals surface area contributed by atoms with E-state index in [2.05, 4.69) is 0 Å². The lowest BCUT2D eigenvalue weighted by atomic mass is 9.88. The molecule has 0 aromatic heterocycles. The highest BCUT2D eigenvalue weighted by Crippen LogP contribution is 2.25. The first-order chi connectivity index (χ1) is 12.8. The third-order valence-corrected chi connectivity index (χ3v) is 4.60. The second-order valence-electron chi connectivity index (χ2n) is 7.26. The van der Waals surface area contributed by atoms with E-state index in [0.717, 1.165) is 5.56 Å². The van der Waals surface area contributed by atoms with Crippen LogP contribution in [0.25, 0.3) is 0 Å². The number of carbonyl (C=O) groups is 2. The van der Waals surface area contributed by atoms with Crippen molar-refractivity contribution in [2.24, 2.45) is 17.6 Å². The van der Waals surface area contributed by atoms with E-state index in [1.807, 2.05) is 0 Å². The van der Waals surface area contributed by atoms with Crippen molar-refractivity contribution in [2.75, 3.05) is 13.2 Å². The Kier molecular flexibility index (Phi) is 7.74. The second kappa shape index (κ2) is 9.80. The van der Waals surface area contributed by atoms with Crippen LogP contribution in [0.2, 0.25) is 0 Å². The molecule has 0 radical (unpaired) electrons. The highest BCUT2D eigenvalue weighted by Gasteiger charge is 2.35. The summed E-state index contributed by atoms with van der Waals surface area (Å²) in [5.74, 6) is -1.74. The molecule has 1 heterocycles. The van der Waals surface area contributed by atoms with Gasteiger partial charge in [-0.15, -0.1) is 0 Å². The van der Waals surface area contributed by atoms with Crippen molar-refractivity contribution in [1.82, 2.24) is 0 Å². The summed E-state index contributed by atoms with van der Waals surface area (Å²) in [6.45, 7) is 5.63. The summed E-state index contributed by atoms with van der Waals surface area (Å²) in [5.41, 5.74) is 6.66. The van der Waals surface area contributed by atoms with Crippen LogP contribution >= 0.6 is 0 Å². The predicted octanol–water partition coefficient (Wildman–Crippen LogP) is 2.23. The van der Waals surface area contributed by atoms with Crippen molar-refractivity contribution in [3.05, 3.63) is 35.6 Å². The van der Waals surface area contributed by atoms with Crippen LogP contribution < -0.4 is 5.73 Å². The van der Waals surface area contributed by atoms with Crippen LogP contribution in [0.15, 0.2) is 24.3 Å². The number of rotatable bonds is 4. The van der Waals surface area contributed by atoms with Crippen LogP contribution in [-0.4, -0.2) is 43.4 Å². The van der Waals surface area contributed by atoms with Crippen LogP contribution in [0.5, 0.6) is 0 Å². The average molecular weight is 381 g/mol. The molecule has 27 heavy (non-hydrogen) atoms. The number of halogens is 1. The monoisotopic (exact) mass is 381 g/mol. The lowest BCUT2D eigenvalue weighted by Crippen LogP contribution is -2.46. The zero-order valence-corrected chi connectivity index (χ0v) is 16.0. The Morgan fingerprint density at radius 3 is 2.63 bits per heavy atom. The zero-order chi connectivity index (χ0) is 20.0. The quantitative estimate of drug-likeness (QED) is 0.805. The van der Waals surface area contributed by atoms with E-state index in [1.54, 1.807) is 32.9 Å². The molecule has 2 N–H and O–H groups in total. The smallest absolute Gasteiger partial charge is 0.325 e. The Hall–Kier alpha value is -1.99. The Morgan fingerprint density at radius 1 is 1.33 bits per heavy atom. The molecule has 7 heteroatoms. The number of nitrogens with two attached hydrogens (primary N) is 1. The summed E-state index contributed by atoms with van der Waals surface area (Å²) in [6.07, 6.45) is -0.187. The molecular weight excluding hydrogens is 353 g/mol. The molecule has 4 atom stereocenters. The number of carbonyl (C=O) groups excluding carboxylic acids is 2. The second-order valence-corrected chi connectivity index (χ2v) is 7.26. The van der Waals surface area contributed by atoms with E-state index in [0.29, 0.717) is 19.4 Å². The third kappa shape index (κ3) is 6.29. The molecule has 0 bridgehead atoms. The van der Waals surface area contributed by atoms with Gasteiger partial charge in [-0.25, -0.2) is 4.39 Å². The number of hydrogen-bond donors (Lipinski definition) is 1. The van der Waals surface area contributed by atoms with Gasteiger partial charge in [0.15, 0.2) is 0 Å². The summed E-state index contributed by atoms with van der Waals surface area (Å²) in [7, 11) is 0. The van der Waals surface area contributed by atoms with Gasteiger partial charge in [-0.1, -0.05) is 26.0 Å². The maximum Gasteiger partial charge on any atom is 0.325 e. The van der Waals surface area contributed by atoms with Gasteiger partial charge in [0.05, 0.1) is 12.5 Å². The summed E-state index contributed by atoms with van der Waals surface area (Å²) < 4.78 is 29.8. The summed E-state index contributed by atoms with van der Waals surface area (Å²) in [4.78, 5) is 24.3. The molecule has 0 aliphatic carbocycles. The van der Waals surface area contributed by atoms with Crippen molar-refractivity contribution >= 4 is 11.9 Å². The number of ether oxygens (including phenoxy) is 3. The lowest BCUT2D eigenvalue weighted by Gasteiger charge is -2.33. The normalized spacial score (nSPS) is 27.1. The van der Waals surface area contributed by atoms with E-state index in [1.165, 1.54) is 12.1 Å². The highest BCUT2D eigenvalue weighted by molar-refractivity contribution is 5.76. The van der Waals surface area contributed by atoms with Crippen molar-refractivity contribution in [1.29, 1.82) is 0 Å². The maximum absolute atomic E-state index is 13.2. The van der Waals surface area contributed by atoms with Crippen molar-refractivity contribution in [3.8, 4) is 0 Å². The van der Waals surface area contributed by atoms with Crippen molar-refractivity contribution in [2.45, 2.75) is 51.9 Å². The van der Waals surface area contributed by atoms with Crippen LogP contribution in [0.3, 0.4) is 0 Å². The molecular formula is C20H28FNO5. The van der Waals surface area contributed by atoms with Crippen LogP contribution in [0.4, 0.5) is 4.39 Å². The molecule has 0 unspecified atom stereocenters. The number of esters is 2. The Bertz CT molecular complexity index is 634. The van der Waals surface area contributed by atoms with Crippen LogP contribution in [0, 0.1) is 17.7 Å². The van der Waals surface area contributed by atoms with Gasteiger partial charge in [0.25, 0.3) is 0 Å². The van der Waals surface area contributed by atoms with Gasteiger partial charge in [0.2, 0.25) is 0 Å². The van der Waals surface area contributed by atoms with Gasteiger partial charge in [0.1, 0.15) is 24.1 Å². The maximum atomic E-state index is 13.2. The fourth-order valence-electron chi connectivity index (χ4n) is 3.00. The summed E-state index contributed by atoms with van der Waals surface area (Å²) in [5, 5.41) is 0. The first-order valence-electron chi connectivity index (χ1n) is 9.26. The van der Waals surface area contributed by atoms with E-state index in [9.17, 15) is 14.0 Å². The molecule has 0 amide bonds. The van der Waals surface area contributed by atoms with Crippen LogP contribution in [0.1, 0.15) is 32.8 Å². The van der Waals surface area contributed by atoms with Gasteiger partial charge in [-0.2, -0.15) is 0 Å². The number of benzene rings is 1. The summed E-state index contributed by atoms with van der Waals surface area (Å²) >= 11 is 0. The van der Waals surface area contributed by atoms with Gasteiger partial charge in [0, 0.05) is 12.5 Å². The number of hydrogen-bond acceptors (Lipinski definition) is 6. The van der Waals surface area contributed by atoms with Crippen LogP contribution in [-0.2, 0) is 30.2 Å². The number of cyclic esters (lactones) is 1. The molecule has 1 saturated heterocycles. The first kappa shape index (κ1) is 21.3. The molecule has 1 aliphatic rings. The van der Waals surface area contributed by atoms with Gasteiger partial charge in [-0.3, -0.25) is 9.59 Å². The van der Waals surface area contributed by atoms with Crippen molar-refractivity contribution < 1.29 is 28.2 Å². The largest absolute Gasteiger partial charge is 0.458 e. The molecule has 1 fully saturated rings. The van der Waals surface area contributed by atoms with E-state index in [4.69, 9.17) is 19.9 Å². The fourth-order valence-corrected chi connectivity index (χ4v) is 3.00. The minimum atomic E-state index is -0.873. The van der Waals surface area contributed by atoms with E-state index >= 15 is 0 Å². The molecule has 1 aromatic carbocycles. The highest BCUT2D eigenvalue weighted by atomic mass is 19.1. The molecule has 6 nitrogen and oxygen atoms in total. The lowest BCUT2D eigenvalue weighted by molar-refractivity contribution is -0.177. The topological polar surface area (TPSA) is 87.9 Å². The molecule has 2 rings (SSSR count). The standard InChI is InChI=1S/C20H28FNO5/c1-12(2)19(23)27-18-13(3)26-20(24)17(22)11-25-9-8-15(18)10-14-4-6-16(21)7-5-14/h4-7,12-13,15,17-18H,8-11,22H2,1-3H3/t13-,15+,17-,18-/m0/s1. The minimum absolute atomic E-state index is 0.0747. The first-order valence-corrected chi connectivity index (χ1v) is 9.26. The molecule has 1 aliphatic heterocycles. The van der Waals surface area contributed by atoms with Gasteiger partial charge in [-0.05, 0) is 37.5 Å². The SMILES string of the molecule is CC(C)C(=O)O[C@@H]1[C@@H](Cc2ccc(F)cc2)CCOC[C@H](N)C(=O)O[C@H]1C. The zero-order valence-electron chi connectivity index (χ0n) is 16.0. The Morgan fingerprint density at radius 2 is 2.00 bits per heavy atom. The summed E-state index contributed by atoms with van der Waals surface area (Å²) in [6, 6.07) is 5.31. The predicted molar refractivity (Wildman–Crippen MR) is 97.3 cm³/mol. The van der Waals surface area contributed by atoms with Gasteiger partial charge < -0.3 is 19.9 Å². The van der Waals surface area contributed by atoms with E-state index < -0.39 is 24.2 Å². The third-order valence-electron chi connectivity index (χ3n) is 4.60. The molecule has 0 spiro atoms. The van der Waals surface area contributed by atoms with Crippen molar-refractivity contribution in [3.63, 3.8) is 0 Å². The van der Waals surface area contributed by atoms with E-state index in [-0.39, 0.29) is 30.2 Å². The molecule has 150 valence electrons. The fraction of sp³-hybridized carbons (Fsp3) is 0.600. The Labute approximate surface area is 159 Å². The minimum Gasteiger partial charge on any atom is -0.458 e. The average Bonchev–Trinajstić information content (AvgIpc) is 2.62. The molecule has 1 aromatic rings.